The standard InChI is InChI=1S/C22H28N4O4S/c1-31(29,30)20-12-7-10-18(14-20)24-21(27)16-26-13-6-5-11-19(26)15-23-22(28)25-17-8-3-2-4-9-17/h2-4,7-10,12,14,19H,5-6,11,13,15-16H2,1H3,(H,24,27)(H2,23,25,28)/t19-/m0/s1. The third-order valence-corrected chi connectivity index (χ3v) is 6.28. The van der Waals surface area contributed by atoms with Gasteiger partial charge in [-0.05, 0) is 49.7 Å². The lowest BCUT2D eigenvalue weighted by atomic mass is 10.0. The van der Waals surface area contributed by atoms with Gasteiger partial charge in [0.2, 0.25) is 5.91 Å². The number of carbonyl (C=O) groups is 2. The molecule has 1 aliphatic rings. The topological polar surface area (TPSA) is 108 Å². The molecule has 31 heavy (non-hydrogen) atoms. The largest absolute Gasteiger partial charge is 0.336 e. The summed E-state index contributed by atoms with van der Waals surface area (Å²) in [5.41, 5.74) is 1.16. The van der Waals surface area contributed by atoms with E-state index in [1.54, 1.807) is 12.1 Å². The van der Waals surface area contributed by atoms with Gasteiger partial charge in [-0.15, -0.1) is 0 Å². The molecule has 0 unspecified atom stereocenters. The van der Waals surface area contributed by atoms with Crippen LogP contribution in [0.3, 0.4) is 0 Å². The lowest BCUT2D eigenvalue weighted by molar-refractivity contribution is -0.118. The summed E-state index contributed by atoms with van der Waals surface area (Å²) in [4.78, 5) is 27.0. The number of likely N-dealkylation sites (tertiary alicyclic amines) is 1. The molecule has 0 bridgehead atoms. The van der Waals surface area contributed by atoms with E-state index in [4.69, 9.17) is 0 Å². The van der Waals surface area contributed by atoms with Crippen molar-refractivity contribution in [3.8, 4) is 0 Å². The zero-order chi connectivity index (χ0) is 22.3. The Bertz CT molecular complexity index is 1010. The maximum absolute atomic E-state index is 12.6. The highest BCUT2D eigenvalue weighted by Crippen LogP contribution is 2.18. The molecule has 1 saturated heterocycles. The Morgan fingerprint density at radius 1 is 1.00 bits per heavy atom. The van der Waals surface area contributed by atoms with E-state index >= 15 is 0 Å². The fourth-order valence-corrected chi connectivity index (χ4v) is 4.26. The molecule has 8 nitrogen and oxygen atoms in total. The van der Waals surface area contributed by atoms with Gasteiger partial charge in [-0.3, -0.25) is 9.69 Å². The zero-order valence-electron chi connectivity index (χ0n) is 17.5. The highest BCUT2D eigenvalue weighted by Gasteiger charge is 2.25. The van der Waals surface area contributed by atoms with E-state index in [1.807, 2.05) is 30.3 Å². The van der Waals surface area contributed by atoms with Gasteiger partial charge in [-0.1, -0.05) is 30.7 Å². The van der Waals surface area contributed by atoms with Crippen molar-refractivity contribution in [2.24, 2.45) is 0 Å². The van der Waals surface area contributed by atoms with Gasteiger partial charge in [0, 0.05) is 30.2 Å². The van der Waals surface area contributed by atoms with E-state index in [0.717, 1.165) is 37.8 Å². The molecule has 0 aromatic heterocycles. The van der Waals surface area contributed by atoms with Gasteiger partial charge in [-0.2, -0.15) is 0 Å². The number of anilines is 2. The molecule has 3 rings (SSSR count). The summed E-state index contributed by atoms with van der Waals surface area (Å²) in [6, 6.07) is 15.2. The molecule has 1 aliphatic heterocycles. The second kappa shape index (κ2) is 10.4. The summed E-state index contributed by atoms with van der Waals surface area (Å²) in [5, 5.41) is 8.45. The average molecular weight is 445 g/mol. The van der Waals surface area contributed by atoms with E-state index in [9.17, 15) is 18.0 Å². The smallest absolute Gasteiger partial charge is 0.319 e. The molecule has 0 spiro atoms. The SMILES string of the molecule is CS(=O)(=O)c1cccc(NC(=O)CN2CCCC[C@H]2CNC(=O)Nc2ccccc2)c1. The minimum Gasteiger partial charge on any atom is -0.336 e. The fraction of sp³-hybridized carbons (Fsp3) is 0.364. The number of piperidine rings is 1. The Hall–Kier alpha value is -2.91. The van der Waals surface area contributed by atoms with Crippen LogP contribution in [0, 0.1) is 0 Å². The molecule has 1 atom stereocenters. The molecule has 0 aliphatic carbocycles. The van der Waals surface area contributed by atoms with Gasteiger partial charge >= 0.3 is 6.03 Å². The number of sulfone groups is 1. The van der Waals surface area contributed by atoms with Gasteiger partial charge in [0.1, 0.15) is 0 Å². The number of nitrogens with one attached hydrogen (secondary N) is 3. The third-order valence-electron chi connectivity index (χ3n) is 5.17. The zero-order valence-corrected chi connectivity index (χ0v) is 18.3. The van der Waals surface area contributed by atoms with Crippen LogP contribution in [0.5, 0.6) is 0 Å². The van der Waals surface area contributed by atoms with Crippen molar-refractivity contribution in [3.63, 3.8) is 0 Å². The van der Waals surface area contributed by atoms with Crippen molar-refractivity contribution in [1.29, 1.82) is 0 Å². The van der Waals surface area contributed by atoms with Crippen molar-refractivity contribution in [2.45, 2.75) is 30.2 Å². The highest BCUT2D eigenvalue weighted by molar-refractivity contribution is 7.90. The molecule has 2 aromatic carbocycles. The minimum absolute atomic E-state index is 0.0587. The van der Waals surface area contributed by atoms with Gasteiger partial charge in [0.05, 0.1) is 11.4 Å². The summed E-state index contributed by atoms with van der Waals surface area (Å²) in [6.45, 7) is 1.38. The molecule has 166 valence electrons. The maximum Gasteiger partial charge on any atom is 0.319 e. The predicted molar refractivity (Wildman–Crippen MR) is 121 cm³/mol. The molecule has 0 saturated carbocycles. The van der Waals surface area contributed by atoms with Crippen LogP contribution in [0.15, 0.2) is 59.5 Å². The van der Waals surface area contributed by atoms with E-state index in [1.165, 1.54) is 12.1 Å². The first-order valence-electron chi connectivity index (χ1n) is 10.3. The number of benzene rings is 2. The van der Waals surface area contributed by atoms with Crippen LogP contribution >= 0.6 is 0 Å². The molecule has 1 heterocycles. The molecule has 3 amide bonds. The van der Waals surface area contributed by atoms with Crippen molar-refractivity contribution in [2.75, 3.05) is 36.5 Å². The van der Waals surface area contributed by atoms with Crippen LogP contribution in [0.25, 0.3) is 0 Å². The number of para-hydroxylation sites is 1. The monoisotopic (exact) mass is 444 g/mol. The second-order valence-electron chi connectivity index (χ2n) is 7.67. The summed E-state index contributed by atoms with van der Waals surface area (Å²) >= 11 is 0. The van der Waals surface area contributed by atoms with Crippen LogP contribution < -0.4 is 16.0 Å². The molecule has 3 N–H and O–H groups in total. The molecule has 0 radical (unpaired) electrons. The molecular formula is C22H28N4O4S. The molecule has 2 aromatic rings. The second-order valence-corrected chi connectivity index (χ2v) is 9.69. The molecular weight excluding hydrogens is 416 g/mol. The van der Waals surface area contributed by atoms with Crippen molar-refractivity contribution in [3.05, 3.63) is 54.6 Å². The first-order valence-corrected chi connectivity index (χ1v) is 12.1. The Balaban J connectivity index is 1.53. The van der Waals surface area contributed by atoms with Crippen molar-refractivity contribution < 1.29 is 18.0 Å². The number of urea groups is 1. The maximum atomic E-state index is 12.6. The van der Waals surface area contributed by atoms with Crippen LogP contribution in [0.1, 0.15) is 19.3 Å². The van der Waals surface area contributed by atoms with Gasteiger partial charge in [0.25, 0.3) is 0 Å². The number of carbonyl (C=O) groups excluding carboxylic acids is 2. The average Bonchev–Trinajstić information content (AvgIpc) is 2.73. The molecule has 1 fully saturated rings. The van der Waals surface area contributed by atoms with E-state index < -0.39 is 9.84 Å². The van der Waals surface area contributed by atoms with Crippen LogP contribution in [0.2, 0.25) is 0 Å². The Labute approximate surface area is 182 Å². The van der Waals surface area contributed by atoms with E-state index in [2.05, 4.69) is 20.9 Å². The Morgan fingerprint density at radius 3 is 2.48 bits per heavy atom. The van der Waals surface area contributed by atoms with E-state index in [-0.39, 0.29) is 29.4 Å². The molecule has 9 heteroatoms. The summed E-state index contributed by atoms with van der Waals surface area (Å²) in [5.74, 6) is -0.216. The number of nitrogens with zero attached hydrogens (tertiary/aromatic N) is 1. The number of hydrogen-bond donors (Lipinski definition) is 3. The predicted octanol–water partition coefficient (Wildman–Crippen LogP) is 2.70. The van der Waals surface area contributed by atoms with Gasteiger partial charge < -0.3 is 16.0 Å². The lowest BCUT2D eigenvalue weighted by Crippen LogP contribution is -2.49. The quantitative estimate of drug-likeness (QED) is 0.609. The van der Waals surface area contributed by atoms with Crippen LogP contribution in [0.4, 0.5) is 16.2 Å². The summed E-state index contributed by atoms with van der Waals surface area (Å²) < 4.78 is 23.4. The summed E-state index contributed by atoms with van der Waals surface area (Å²) in [6.07, 6.45) is 4.06. The van der Waals surface area contributed by atoms with Gasteiger partial charge in [-0.25, -0.2) is 13.2 Å². The Morgan fingerprint density at radius 2 is 1.74 bits per heavy atom. The highest BCUT2D eigenvalue weighted by atomic mass is 32.2. The van der Waals surface area contributed by atoms with Crippen LogP contribution in [-0.4, -0.2) is 57.2 Å². The third kappa shape index (κ3) is 7.08. The number of hydrogen-bond acceptors (Lipinski definition) is 5. The first-order chi connectivity index (χ1) is 14.8. The van der Waals surface area contributed by atoms with Crippen molar-refractivity contribution >= 4 is 33.2 Å². The van der Waals surface area contributed by atoms with Crippen molar-refractivity contribution in [1.82, 2.24) is 10.2 Å². The number of amides is 3. The first kappa shape index (κ1) is 22.8. The number of rotatable bonds is 7. The normalized spacial score (nSPS) is 17.0. The Kier molecular flexibility index (Phi) is 7.64. The van der Waals surface area contributed by atoms with E-state index in [0.29, 0.717) is 12.2 Å². The minimum atomic E-state index is -3.34. The van der Waals surface area contributed by atoms with Gasteiger partial charge in [0.15, 0.2) is 9.84 Å². The summed E-state index contributed by atoms with van der Waals surface area (Å²) in [7, 11) is -3.34. The lowest BCUT2D eigenvalue weighted by Gasteiger charge is -2.35. The van der Waals surface area contributed by atoms with Crippen LogP contribution in [-0.2, 0) is 14.6 Å². The fourth-order valence-electron chi connectivity index (χ4n) is 3.60.